The van der Waals surface area contributed by atoms with E-state index in [1.807, 2.05) is 25.1 Å². The van der Waals surface area contributed by atoms with E-state index in [1.54, 1.807) is 14.2 Å². The summed E-state index contributed by atoms with van der Waals surface area (Å²) in [6, 6.07) is 5.61. The predicted octanol–water partition coefficient (Wildman–Crippen LogP) is 3.11. The maximum absolute atomic E-state index is 12.0. The smallest absolute Gasteiger partial charge is 0.161 e. The highest BCUT2D eigenvalue weighted by atomic mass is 16.5. The van der Waals surface area contributed by atoms with Gasteiger partial charge in [-0.3, -0.25) is 4.79 Å². The van der Waals surface area contributed by atoms with Crippen molar-refractivity contribution in [2.24, 2.45) is 11.8 Å². The lowest BCUT2D eigenvalue weighted by Gasteiger charge is -2.15. The number of Topliss-reactive ketones (excluding diaryl/α,β-unsaturated/α-hetero) is 1. The summed E-state index contributed by atoms with van der Waals surface area (Å²) in [6.07, 6.45) is 0.444. The zero-order valence-electron chi connectivity index (χ0n) is 11.8. The summed E-state index contributed by atoms with van der Waals surface area (Å²) in [5, 5.41) is 0. The third-order valence-corrected chi connectivity index (χ3v) is 3.33. The van der Waals surface area contributed by atoms with Crippen LogP contribution in [0.3, 0.4) is 0 Å². The molecular weight excluding hydrogens is 228 g/mol. The van der Waals surface area contributed by atoms with Crippen LogP contribution in [0.2, 0.25) is 0 Å². The van der Waals surface area contributed by atoms with E-state index in [-0.39, 0.29) is 11.7 Å². The van der Waals surface area contributed by atoms with Gasteiger partial charge in [-0.25, -0.2) is 0 Å². The van der Waals surface area contributed by atoms with Gasteiger partial charge in [0.25, 0.3) is 0 Å². The second-order valence-corrected chi connectivity index (χ2v) is 4.87. The van der Waals surface area contributed by atoms with Crippen LogP contribution in [-0.2, 0) is 11.2 Å². The van der Waals surface area contributed by atoms with Crippen LogP contribution in [0.5, 0.6) is 11.5 Å². The molecule has 3 heteroatoms. The van der Waals surface area contributed by atoms with Gasteiger partial charge in [-0.15, -0.1) is 0 Å². The summed E-state index contributed by atoms with van der Waals surface area (Å²) >= 11 is 0. The van der Waals surface area contributed by atoms with Gasteiger partial charge in [0.05, 0.1) is 14.2 Å². The highest BCUT2D eigenvalue weighted by molar-refractivity contribution is 5.83. The van der Waals surface area contributed by atoms with Crippen molar-refractivity contribution in [1.82, 2.24) is 0 Å². The van der Waals surface area contributed by atoms with Crippen molar-refractivity contribution in [1.29, 1.82) is 0 Å². The molecule has 0 spiro atoms. The van der Waals surface area contributed by atoms with Gasteiger partial charge in [-0.2, -0.15) is 0 Å². The van der Waals surface area contributed by atoms with Crippen LogP contribution in [0.1, 0.15) is 26.3 Å². The van der Waals surface area contributed by atoms with Crippen molar-refractivity contribution in [3.05, 3.63) is 23.8 Å². The Bertz CT molecular complexity index is 410. The summed E-state index contributed by atoms with van der Waals surface area (Å²) in [4.78, 5) is 12.0. The first kappa shape index (κ1) is 14.6. The quantitative estimate of drug-likeness (QED) is 0.778. The lowest BCUT2D eigenvalue weighted by Crippen LogP contribution is -2.18. The van der Waals surface area contributed by atoms with E-state index in [1.165, 1.54) is 0 Å². The summed E-state index contributed by atoms with van der Waals surface area (Å²) in [5.41, 5.74) is 0.963. The lowest BCUT2D eigenvalue weighted by molar-refractivity contribution is -0.122. The third-order valence-electron chi connectivity index (χ3n) is 3.33. The molecule has 0 fully saturated rings. The summed E-state index contributed by atoms with van der Waals surface area (Å²) in [7, 11) is 3.20. The number of benzene rings is 1. The topological polar surface area (TPSA) is 35.5 Å². The van der Waals surface area contributed by atoms with Crippen LogP contribution < -0.4 is 9.47 Å². The van der Waals surface area contributed by atoms with Crippen molar-refractivity contribution in [2.75, 3.05) is 14.2 Å². The predicted molar refractivity (Wildman–Crippen MR) is 72.3 cm³/mol. The van der Waals surface area contributed by atoms with Crippen molar-refractivity contribution < 1.29 is 14.3 Å². The third kappa shape index (κ3) is 3.49. The molecule has 0 heterocycles. The first-order chi connectivity index (χ1) is 8.49. The van der Waals surface area contributed by atoms with Gasteiger partial charge in [0.15, 0.2) is 11.5 Å². The van der Waals surface area contributed by atoms with Gasteiger partial charge in [0.2, 0.25) is 0 Å². The van der Waals surface area contributed by atoms with Crippen molar-refractivity contribution in [3.8, 4) is 11.5 Å². The molecule has 1 rings (SSSR count). The van der Waals surface area contributed by atoms with E-state index in [9.17, 15) is 4.79 Å². The number of hydrogen-bond donors (Lipinski definition) is 0. The van der Waals surface area contributed by atoms with Crippen molar-refractivity contribution >= 4 is 5.78 Å². The Kier molecular flexibility index (Phi) is 5.20. The molecule has 0 amide bonds. The lowest BCUT2D eigenvalue weighted by atomic mass is 9.90. The van der Waals surface area contributed by atoms with Crippen LogP contribution in [0.25, 0.3) is 0 Å². The monoisotopic (exact) mass is 250 g/mol. The highest BCUT2D eigenvalue weighted by Crippen LogP contribution is 2.28. The number of rotatable bonds is 6. The average molecular weight is 250 g/mol. The first-order valence-corrected chi connectivity index (χ1v) is 6.23. The molecule has 0 bridgehead atoms. The van der Waals surface area contributed by atoms with Crippen LogP contribution >= 0.6 is 0 Å². The fourth-order valence-electron chi connectivity index (χ4n) is 1.72. The Morgan fingerprint density at radius 1 is 1.11 bits per heavy atom. The minimum absolute atomic E-state index is 0.0816. The van der Waals surface area contributed by atoms with Crippen molar-refractivity contribution in [3.63, 3.8) is 0 Å². The van der Waals surface area contributed by atoms with Gasteiger partial charge in [0.1, 0.15) is 5.78 Å². The maximum atomic E-state index is 12.0. The van der Waals surface area contributed by atoms with E-state index in [0.29, 0.717) is 23.8 Å². The normalized spacial score (nSPS) is 12.3. The minimum atomic E-state index is 0.0816. The van der Waals surface area contributed by atoms with Crippen LogP contribution in [0, 0.1) is 11.8 Å². The van der Waals surface area contributed by atoms with E-state index in [2.05, 4.69) is 13.8 Å². The number of ketones is 1. The van der Waals surface area contributed by atoms with Gasteiger partial charge >= 0.3 is 0 Å². The second-order valence-electron chi connectivity index (χ2n) is 4.87. The molecular formula is C15H22O3. The summed E-state index contributed by atoms with van der Waals surface area (Å²) in [5.74, 6) is 2.07. The molecule has 0 aliphatic carbocycles. The van der Waals surface area contributed by atoms with Gasteiger partial charge < -0.3 is 9.47 Å². The molecule has 1 aromatic carbocycles. The van der Waals surface area contributed by atoms with Gasteiger partial charge in [0, 0.05) is 12.3 Å². The van der Waals surface area contributed by atoms with Crippen molar-refractivity contribution in [2.45, 2.75) is 27.2 Å². The van der Waals surface area contributed by atoms with Crippen LogP contribution in [-0.4, -0.2) is 20.0 Å². The summed E-state index contributed by atoms with van der Waals surface area (Å²) in [6.45, 7) is 6.11. The first-order valence-electron chi connectivity index (χ1n) is 6.23. The Morgan fingerprint density at radius 2 is 1.72 bits per heavy atom. The molecule has 18 heavy (non-hydrogen) atoms. The van der Waals surface area contributed by atoms with E-state index >= 15 is 0 Å². The Hall–Kier alpha value is -1.51. The molecule has 0 N–H and O–H groups in total. The number of hydrogen-bond acceptors (Lipinski definition) is 3. The molecule has 0 aromatic heterocycles. The molecule has 3 nitrogen and oxygen atoms in total. The van der Waals surface area contributed by atoms with Crippen LogP contribution in [0.15, 0.2) is 18.2 Å². The molecule has 1 unspecified atom stereocenters. The zero-order chi connectivity index (χ0) is 13.7. The number of carbonyl (C=O) groups excluding carboxylic acids is 1. The second kappa shape index (κ2) is 6.43. The molecule has 100 valence electrons. The van der Waals surface area contributed by atoms with E-state index < -0.39 is 0 Å². The average Bonchev–Trinajstić information content (AvgIpc) is 2.37. The molecule has 0 aliphatic heterocycles. The van der Waals surface area contributed by atoms with Gasteiger partial charge in [-0.05, 0) is 23.6 Å². The van der Waals surface area contributed by atoms with Gasteiger partial charge in [-0.1, -0.05) is 26.8 Å². The number of carbonyl (C=O) groups is 1. The highest BCUT2D eigenvalue weighted by Gasteiger charge is 2.17. The maximum Gasteiger partial charge on any atom is 0.161 e. The fourth-order valence-corrected chi connectivity index (χ4v) is 1.72. The van der Waals surface area contributed by atoms with E-state index in [0.717, 1.165) is 5.56 Å². The molecule has 0 aliphatic rings. The molecule has 1 atom stereocenters. The number of methoxy groups -OCH3 is 2. The van der Waals surface area contributed by atoms with Crippen LogP contribution in [0.4, 0.5) is 0 Å². The Balaban J connectivity index is 2.82. The van der Waals surface area contributed by atoms with E-state index in [4.69, 9.17) is 9.47 Å². The SMILES string of the molecule is COc1ccc(CC(=O)C(C)C(C)C)cc1OC. The molecule has 0 radical (unpaired) electrons. The fraction of sp³-hybridized carbons (Fsp3) is 0.533. The largest absolute Gasteiger partial charge is 0.493 e. The standard InChI is InChI=1S/C15H22O3/c1-10(2)11(3)13(16)8-12-6-7-14(17-4)15(9-12)18-5/h6-7,9-11H,8H2,1-5H3. The zero-order valence-corrected chi connectivity index (χ0v) is 11.8. The molecule has 1 aromatic rings. The Labute approximate surface area is 109 Å². The summed E-state index contributed by atoms with van der Waals surface area (Å²) < 4.78 is 10.4. The molecule has 0 saturated carbocycles. The minimum Gasteiger partial charge on any atom is -0.493 e. The Morgan fingerprint density at radius 3 is 2.22 bits per heavy atom. The molecule has 0 saturated heterocycles. The number of ether oxygens (including phenoxy) is 2.